The van der Waals surface area contributed by atoms with Gasteiger partial charge in [0.15, 0.2) is 0 Å². The van der Waals surface area contributed by atoms with Crippen LogP contribution in [0.4, 0.5) is 0 Å². The normalized spacial score (nSPS) is 14.6. The fourth-order valence-corrected chi connectivity index (χ4v) is 3.36. The molecule has 0 aliphatic carbocycles. The number of rotatable bonds is 4. The molecule has 0 saturated heterocycles. The van der Waals surface area contributed by atoms with Gasteiger partial charge in [-0.25, -0.2) is 0 Å². The Balaban J connectivity index is 2.62. The second kappa shape index (κ2) is 6.24. The summed E-state index contributed by atoms with van der Waals surface area (Å²) in [5.41, 5.74) is 0.450. The van der Waals surface area contributed by atoms with Crippen LogP contribution in [0.15, 0.2) is 6.07 Å². The van der Waals surface area contributed by atoms with E-state index >= 15 is 0 Å². The zero-order valence-electron chi connectivity index (χ0n) is 8.89. The molecular weight excluding hydrogens is 333 g/mol. The first-order valence-corrected chi connectivity index (χ1v) is 7.28. The third kappa shape index (κ3) is 4.24. The molecule has 2 nitrogen and oxygen atoms in total. The molecule has 0 aliphatic heterocycles. The Labute approximate surface area is 117 Å². The quantitative estimate of drug-likeness (QED) is 0.808. The summed E-state index contributed by atoms with van der Waals surface area (Å²) >= 11 is 16.3. The first-order chi connectivity index (χ1) is 7.40. The molecule has 1 rings (SSSR count). The van der Waals surface area contributed by atoms with Gasteiger partial charge in [-0.2, -0.15) is 0 Å². The van der Waals surface area contributed by atoms with Crippen molar-refractivity contribution in [2.45, 2.75) is 31.1 Å². The second-order valence-electron chi connectivity index (χ2n) is 3.63. The molecule has 0 spiro atoms. The van der Waals surface area contributed by atoms with Crippen LogP contribution < -0.4 is 5.32 Å². The molecular formula is C10H12BrCl2NOS. The number of hydrogen-bond acceptors (Lipinski definition) is 2. The lowest BCUT2D eigenvalue weighted by atomic mass is 10.2. The number of hydrogen-bond donors (Lipinski definition) is 1. The van der Waals surface area contributed by atoms with Crippen LogP contribution in [-0.2, 0) is 0 Å². The van der Waals surface area contributed by atoms with Gasteiger partial charge in [-0.15, -0.1) is 11.3 Å². The van der Waals surface area contributed by atoms with Gasteiger partial charge < -0.3 is 5.32 Å². The van der Waals surface area contributed by atoms with E-state index in [0.29, 0.717) is 19.1 Å². The van der Waals surface area contributed by atoms with Crippen molar-refractivity contribution in [3.05, 3.63) is 20.3 Å². The Hall–Kier alpha value is 0.230. The predicted molar refractivity (Wildman–Crippen MR) is 74.3 cm³/mol. The Morgan fingerprint density at radius 3 is 2.62 bits per heavy atom. The number of amides is 1. The summed E-state index contributed by atoms with van der Waals surface area (Å²) in [6.45, 7) is 3.99. The van der Waals surface area contributed by atoms with Crippen LogP contribution in [0.25, 0.3) is 0 Å². The van der Waals surface area contributed by atoms with Gasteiger partial charge >= 0.3 is 0 Å². The van der Waals surface area contributed by atoms with Gasteiger partial charge in [-0.1, -0.05) is 46.1 Å². The molecule has 90 valence electrons. The average Bonchev–Trinajstić information content (AvgIpc) is 2.43. The molecule has 16 heavy (non-hydrogen) atoms. The Bertz CT molecular complexity index is 381. The smallest absolute Gasteiger partial charge is 0.253 e. The van der Waals surface area contributed by atoms with Crippen LogP contribution in [0.3, 0.4) is 0 Å². The maximum absolute atomic E-state index is 11.8. The SMILES string of the molecule is CC(Br)CC(C)NC(=O)c1cc(Cl)sc1Cl. The van der Waals surface area contributed by atoms with Crippen LogP contribution in [-0.4, -0.2) is 16.8 Å². The number of alkyl halides is 1. The molecule has 6 heteroatoms. The highest BCUT2D eigenvalue weighted by Crippen LogP contribution is 2.31. The maximum Gasteiger partial charge on any atom is 0.253 e. The first kappa shape index (κ1) is 14.3. The Kier molecular flexibility index (Phi) is 5.57. The van der Waals surface area contributed by atoms with E-state index in [1.165, 1.54) is 11.3 Å². The molecule has 1 amide bonds. The lowest BCUT2D eigenvalue weighted by molar-refractivity contribution is 0.0939. The molecule has 2 unspecified atom stereocenters. The van der Waals surface area contributed by atoms with E-state index in [0.717, 1.165) is 6.42 Å². The topological polar surface area (TPSA) is 29.1 Å². The van der Waals surface area contributed by atoms with Gasteiger partial charge in [0.05, 0.1) is 9.90 Å². The van der Waals surface area contributed by atoms with Crippen molar-refractivity contribution in [3.63, 3.8) is 0 Å². The molecule has 1 aromatic rings. The minimum absolute atomic E-state index is 0.0941. The van der Waals surface area contributed by atoms with E-state index in [1.54, 1.807) is 6.07 Å². The Morgan fingerprint density at radius 2 is 2.19 bits per heavy atom. The summed E-state index contributed by atoms with van der Waals surface area (Å²) in [7, 11) is 0. The third-order valence-electron chi connectivity index (χ3n) is 1.96. The number of carbonyl (C=O) groups is 1. The van der Waals surface area contributed by atoms with Crippen LogP contribution in [0.1, 0.15) is 30.6 Å². The molecule has 0 radical (unpaired) electrons. The molecule has 2 atom stereocenters. The molecule has 0 saturated carbocycles. The molecule has 1 heterocycles. The van der Waals surface area contributed by atoms with Crippen molar-refractivity contribution >= 4 is 56.4 Å². The monoisotopic (exact) mass is 343 g/mol. The van der Waals surface area contributed by atoms with Crippen molar-refractivity contribution in [2.24, 2.45) is 0 Å². The van der Waals surface area contributed by atoms with Crippen molar-refractivity contribution < 1.29 is 4.79 Å². The van der Waals surface area contributed by atoms with Gasteiger partial charge in [0.2, 0.25) is 0 Å². The molecule has 1 N–H and O–H groups in total. The third-order valence-corrected chi connectivity index (χ3v) is 3.82. The standard InChI is InChI=1S/C10H12BrCl2NOS/c1-5(11)3-6(2)14-10(15)7-4-8(12)16-9(7)13/h4-6H,3H2,1-2H3,(H,14,15). The van der Waals surface area contributed by atoms with Crippen LogP contribution in [0.2, 0.25) is 8.67 Å². The molecule has 0 aliphatic rings. The van der Waals surface area contributed by atoms with Gasteiger partial charge in [0.25, 0.3) is 5.91 Å². The summed E-state index contributed by atoms with van der Waals surface area (Å²) in [5, 5.41) is 2.88. The summed E-state index contributed by atoms with van der Waals surface area (Å²) in [4.78, 5) is 12.2. The van der Waals surface area contributed by atoms with Gasteiger partial charge in [0, 0.05) is 10.9 Å². The highest BCUT2D eigenvalue weighted by Gasteiger charge is 2.16. The lowest BCUT2D eigenvalue weighted by Crippen LogP contribution is -2.33. The number of nitrogens with one attached hydrogen (secondary N) is 1. The van der Waals surface area contributed by atoms with E-state index < -0.39 is 0 Å². The van der Waals surface area contributed by atoms with E-state index in [4.69, 9.17) is 23.2 Å². The van der Waals surface area contributed by atoms with Gasteiger partial charge in [-0.3, -0.25) is 4.79 Å². The zero-order chi connectivity index (χ0) is 12.3. The zero-order valence-corrected chi connectivity index (χ0v) is 12.8. The summed E-state index contributed by atoms with van der Waals surface area (Å²) in [6.07, 6.45) is 0.862. The summed E-state index contributed by atoms with van der Waals surface area (Å²) in [6, 6.07) is 1.69. The highest BCUT2D eigenvalue weighted by molar-refractivity contribution is 9.09. The van der Waals surface area contributed by atoms with Crippen molar-refractivity contribution in [2.75, 3.05) is 0 Å². The number of halogens is 3. The fourth-order valence-electron chi connectivity index (χ4n) is 1.34. The summed E-state index contributed by atoms with van der Waals surface area (Å²) < 4.78 is 0.957. The van der Waals surface area contributed by atoms with E-state index in [2.05, 4.69) is 21.2 Å². The number of carbonyl (C=O) groups excluding carboxylic acids is 1. The van der Waals surface area contributed by atoms with Crippen molar-refractivity contribution in [1.82, 2.24) is 5.32 Å². The predicted octanol–water partition coefficient (Wildman–Crippen LogP) is 4.35. The molecule has 0 aromatic carbocycles. The van der Waals surface area contributed by atoms with Crippen LogP contribution >= 0.6 is 50.5 Å². The van der Waals surface area contributed by atoms with Crippen LogP contribution in [0.5, 0.6) is 0 Å². The van der Waals surface area contributed by atoms with Gasteiger partial charge in [0.1, 0.15) is 4.34 Å². The van der Waals surface area contributed by atoms with E-state index in [-0.39, 0.29) is 11.9 Å². The fraction of sp³-hybridized carbons (Fsp3) is 0.500. The van der Waals surface area contributed by atoms with E-state index in [1.807, 2.05) is 13.8 Å². The molecule has 1 aromatic heterocycles. The van der Waals surface area contributed by atoms with Crippen LogP contribution in [0, 0.1) is 0 Å². The maximum atomic E-state index is 11.8. The van der Waals surface area contributed by atoms with Crippen molar-refractivity contribution in [1.29, 1.82) is 0 Å². The lowest BCUT2D eigenvalue weighted by Gasteiger charge is -2.14. The minimum Gasteiger partial charge on any atom is -0.349 e. The Morgan fingerprint density at radius 1 is 1.56 bits per heavy atom. The summed E-state index contributed by atoms with van der Waals surface area (Å²) in [5.74, 6) is -0.172. The largest absolute Gasteiger partial charge is 0.349 e. The average molecular weight is 345 g/mol. The highest BCUT2D eigenvalue weighted by atomic mass is 79.9. The van der Waals surface area contributed by atoms with Crippen molar-refractivity contribution in [3.8, 4) is 0 Å². The second-order valence-corrected chi connectivity index (χ2v) is 7.48. The number of thiophene rings is 1. The minimum atomic E-state index is -0.172. The van der Waals surface area contributed by atoms with E-state index in [9.17, 15) is 4.79 Å². The first-order valence-electron chi connectivity index (χ1n) is 4.80. The molecule has 0 bridgehead atoms. The van der Waals surface area contributed by atoms with Gasteiger partial charge in [-0.05, 0) is 19.4 Å². The molecule has 0 fully saturated rings.